The Balaban J connectivity index is 2.06. The molecular formula is C16H23FN2O2. The van der Waals surface area contributed by atoms with Gasteiger partial charge in [0.15, 0.2) is 11.6 Å². The van der Waals surface area contributed by atoms with Crippen LogP contribution in [0.25, 0.3) is 0 Å². The molecule has 1 heterocycles. The molecule has 1 aliphatic rings. The molecular weight excluding hydrogens is 271 g/mol. The van der Waals surface area contributed by atoms with Crippen LogP contribution in [-0.4, -0.2) is 31.0 Å². The zero-order valence-electron chi connectivity index (χ0n) is 12.7. The molecule has 0 bridgehead atoms. The normalized spacial score (nSPS) is 18.3. The molecule has 1 unspecified atom stereocenters. The van der Waals surface area contributed by atoms with E-state index in [4.69, 9.17) is 4.74 Å². The van der Waals surface area contributed by atoms with Crippen molar-refractivity contribution in [3.8, 4) is 5.75 Å². The molecule has 0 aromatic heterocycles. The number of rotatable bonds is 7. The molecule has 1 aliphatic heterocycles. The number of nitrogens with zero attached hydrogens (tertiary/aromatic N) is 1. The lowest BCUT2D eigenvalue weighted by atomic mass is 10.1. The minimum absolute atomic E-state index is 0.0766. The van der Waals surface area contributed by atoms with Crippen LogP contribution in [0.4, 0.5) is 4.39 Å². The van der Waals surface area contributed by atoms with E-state index in [2.05, 4.69) is 12.2 Å². The maximum atomic E-state index is 13.8. The van der Waals surface area contributed by atoms with E-state index in [0.717, 1.165) is 18.4 Å². The Bertz CT molecular complexity index is 493. The van der Waals surface area contributed by atoms with E-state index in [1.165, 1.54) is 26.0 Å². The average molecular weight is 294 g/mol. The molecule has 0 radical (unpaired) electrons. The van der Waals surface area contributed by atoms with Gasteiger partial charge in [0.1, 0.15) is 6.17 Å². The molecule has 1 atom stereocenters. The van der Waals surface area contributed by atoms with E-state index < -0.39 is 5.82 Å². The van der Waals surface area contributed by atoms with Crippen LogP contribution in [0, 0.1) is 5.82 Å². The first-order valence-corrected chi connectivity index (χ1v) is 7.53. The summed E-state index contributed by atoms with van der Waals surface area (Å²) in [5.41, 5.74) is 0.759. The lowest BCUT2D eigenvalue weighted by Crippen LogP contribution is -2.31. The van der Waals surface area contributed by atoms with Gasteiger partial charge in [0.25, 0.3) is 0 Å². The van der Waals surface area contributed by atoms with Crippen LogP contribution >= 0.6 is 0 Å². The Morgan fingerprint density at radius 2 is 2.19 bits per heavy atom. The summed E-state index contributed by atoms with van der Waals surface area (Å²) in [5.74, 6) is -0.104. The SMILES string of the molecule is CCCCCCN1C(=O)CNC1c1ccc(OC)c(F)c1. The number of hydrogen-bond donors (Lipinski definition) is 1. The molecule has 0 aliphatic carbocycles. The predicted octanol–water partition coefficient (Wildman–Crippen LogP) is 2.85. The number of carbonyl (C=O) groups excluding carboxylic acids is 1. The molecule has 1 N–H and O–H groups in total. The van der Waals surface area contributed by atoms with Crippen molar-refractivity contribution in [3.63, 3.8) is 0 Å². The van der Waals surface area contributed by atoms with E-state index in [1.807, 2.05) is 0 Å². The van der Waals surface area contributed by atoms with Crippen LogP contribution in [0.3, 0.4) is 0 Å². The fraction of sp³-hybridized carbons (Fsp3) is 0.562. The molecule has 1 fully saturated rings. The first-order valence-electron chi connectivity index (χ1n) is 7.53. The van der Waals surface area contributed by atoms with Gasteiger partial charge >= 0.3 is 0 Å². The van der Waals surface area contributed by atoms with Gasteiger partial charge in [0.2, 0.25) is 5.91 Å². The third-order valence-corrected chi connectivity index (χ3v) is 3.82. The van der Waals surface area contributed by atoms with E-state index in [9.17, 15) is 9.18 Å². The number of ether oxygens (including phenoxy) is 1. The van der Waals surface area contributed by atoms with Gasteiger partial charge in [-0.15, -0.1) is 0 Å². The molecule has 21 heavy (non-hydrogen) atoms. The summed E-state index contributed by atoms with van der Waals surface area (Å²) < 4.78 is 18.8. The van der Waals surface area contributed by atoms with Crippen molar-refractivity contribution in [1.82, 2.24) is 10.2 Å². The van der Waals surface area contributed by atoms with E-state index in [-0.39, 0.29) is 17.8 Å². The average Bonchev–Trinajstić information content (AvgIpc) is 2.85. The molecule has 1 saturated heterocycles. The van der Waals surface area contributed by atoms with Crippen molar-refractivity contribution < 1.29 is 13.9 Å². The zero-order chi connectivity index (χ0) is 15.2. The van der Waals surface area contributed by atoms with E-state index in [0.29, 0.717) is 13.1 Å². The molecule has 116 valence electrons. The lowest BCUT2D eigenvalue weighted by Gasteiger charge is -2.25. The molecule has 2 rings (SSSR count). The van der Waals surface area contributed by atoms with Crippen molar-refractivity contribution in [2.24, 2.45) is 0 Å². The molecule has 4 nitrogen and oxygen atoms in total. The van der Waals surface area contributed by atoms with Gasteiger partial charge in [0.05, 0.1) is 13.7 Å². The molecule has 1 aromatic carbocycles. The van der Waals surface area contributed by atoms with Crippen molar-refractivity contribution in [1.29, 1.82) is 0 Å². The van der Waals surface area contributed by atoms with Crippen LogP contribution in [-0.2, 0) is 4.79 Å². The molecule has 1 amide bonds. The minimum atomic E-state index is -0.401. The molecule has 0 spiro atoms. The van der Waals surface area contributed by atoms with Crippen LogP contribution in [0.5, 0.6) is 5.75 Å². The smallest absolute Gasteiger partial charge is 0.238 e. The van der Waals surface area contributed by atoms with Crippen molar-refractivity contribution in [3.05, 3.63) is 29.6 Å². The topological polar surface area (TPSA) is 41.6 Å². The summed E-state index contributed by atoms with van der Waals surface area (Å²) >= 11 is 0. The highest BCUT2D eigenvalue weighted by Crippen LogP contribution is 2.27. The highest BCUT2D eigenvalue weighted by atomic mass is 19.1. The number of benzene rings is 1. The standard InChI is InChI=1S/C16H23FN2O2/c1-3-4-5-6-9-19-15(20)11-18-16(19)12-7-8-14(21-2)13(17)10-12/h7-8,10,16,18H,3-6,9,11H2,1-2H3. The Morgan fingerprint density at radius 3 is 2.86 bits per heavy atom. The lowest BCUT2D eigenvalue weighted by molar-refractivity contribution is -0.128. The number of methoxy groups -OCH3 is 1. The summed E-state index contributed by atoms with van der Waals surface area (Å²) in [6, 6.07) is 4.84. The number of amides is 1. The van der Waals surface area contributed by atoms with Crippen molar-refractivity contribution >= 4 is 5.91 Å². The predicted molar refractivity (Wildman–Crippen MR) is 79.6 cm³/mol. The van der Waals surface area contributed by atoms with Crippen LogP contribution in [0.15, 0.2) is 18.2 Å². The quantitative estimate of drug-likeness (QED) is 0.786. The first kappa shape index (κ1) is 15.8. The van der Waals surface area contributed by atoms with Crippen LogP contribution in [0.2, 0.25) is 0 Å². The molecule has 0 saturated carbocycles. The third-order valence-electron chi connectivity index (χ3n) is 3.82. The number of unbranched alkanes of at least 4 members (excludes halogenated alkanes) is 3. The summed E-state index contributed by atoms with van der Waals surface area (Å²) in [6.45, 7) is 3.18. The van der Waals surface area contributed by atoms with Gasteiger partial charge < -0.3 is 9.64 Å². The van der Waals surface area contributed by atoms with Gasteiger partial charge in [-0.3, -0.25) is 10.1 Å². The fourth-order valence-corrected chi connectivity index (χ4v) is 2.65. The Hall–Kier alpha value is -1.62. The van der Waals surface area contributed by atoms with Gasteiger partial charge in [-0.05, 0) is 24.1 Å². The fourth-order valence-electron chi connectivity index (χ4n) is 2.65. The highest BCUT2D eigenvalue weighted by Gasteiger charge is 2.31. The number of carbonyl (C=O) groups is 1. The third kappa shape index (κ3) is 3.73. The summed E-state index contributed by atoms with van der Waals surface area (Å²) in [7, 11) is 1.44. The molecule has 5 heteroatoms. The second kappa shape index (κ2) is 7.41. The molecule has 1 aromatic rings. The monoisotopic (exact) mass is 294 g/mol. The minimum Gasteiger partial charge on any atom is -0.494 e. The van der Waals surface area contributed by atoms with Gasteiger partial charge in [-0.25, -0.2) is 4.39 Å². The van der Waals surface area contributed by atoms with Crippen molar-refractivity contribution in [2.45, 2.75) is 38.8 Å². The van der Waals surface area contributed by atoms with E-state index >= 15 is 0 Å². The Kier molecular flexibility index (Phi) is 5.56. The van der Waals surface area contributed by atoms with Crippen molar-refractivity contribution in [2.75, 3.05) is 20.2 Å². The van der Waals surface area contributed by atoms with Crippen LogP contribution in [0.1, 0.15) is 44.3 Å². The summed E-state index contributed by atoms with van der Waals surface area (Å²) in [4.78, 5) is 13.8. The Labute approximate surface area is 125 Å². The first-order chi connectivity index (χ1) is 10.2. The van der Waals surface area contributed by atoms with Gasteiger partial charge in [-0.2, -0.15) is 0 Å². The summed E-state index contributed by atoms with van der Waals surface area (Å²) in [5, 5.41) is 3.15. The summed E-state index contributed by atoms with van der Waals surface area (Å²) in [6.07, 6.45) is 4.20. The number of halogens is 1. The Morgan fingerprint density at radius 1 is 1.38 bits per heavy atom. The highest BCUT2D eigenvalue weighted by molar-refractivity contribution is 5.80. The van der Waals surface area contributed by atoms with Gasteiger partial charge in [-0.1, -0.05) is 32.3 Å². The zero-order valence-corrected chi connectivity index (χ0v) is 12.7. The second-order valence-electron chi connectivity index (χ2n) is 5.33. The van der Waals surface area contributed by atoms with Gasteiger partial charge in [0, 0.05) is 6.54 Å². The van der Waals surface area contributed by atoms with E-state index in [1.54, 1.807) is 17.0 Å². The number of nitrogens with one attached hydrogen (secondary N) is 1. The second-order valence-corrected chi connectivity index (χ2v) is 5.33. The maximum absolute atomic E-state index is 13.8. The largest absolute Gasteiger partial charge is 0.494 e. The van der Waals surface area contributed by atoms with Crippen LogP contribution < -0.4 is 10.1 Å². The maximum Gasteiger partial charge on any atom is 0.238 e. The number of hydrogen-bond acceptors (Lipinski definition) is 3.